The number of hydrogen-bond donors (Lipinski definition) is 1. The number of fused-ring (bicyclic) bond motifs is 1. The molecule has 0 saturated heterocycles. The zero-order valence-corrected chi connectivity index (χ0v) is 14.6. The van der Waals surface area contributed by atoms with Crippen LogP contribution >= 0.6 is 0 Å². The van der Waals surface area contributed by atoms with E-state index in [4.69, 9.17) is 10.5 Å². The van der Waals surface area contributed by atoms with Gasteiger partial charge in [0, 0.05) is 13.0 Å². The maximum absolute atomic E-state index is 12.3. The quantitative estimate of drug-likeness (QED) is 0.823. The first-order valence-electron chi connectivity index (χ1n) is 7.82. The van der Waals surface area contributed by atoms with E-state index in [9.17, 15) is 4.79 Å². The standard InChI is InChI=1S/C16H15N5O.C2H3N.H2O/c1-11-7-8-14(20-19-13-5-3-2-4-6-13)15-18-10-12(9-17)16(22)21(11)15;1-2-3;/h2-6,10-11,19H,7-8H2,1H3;1H3;1H2. The Morgan fingerprint density at radius 1 is 1.31 bits per heavy atom. The molecule has 0 bridgehead atoms. The summed E-state index contributed by atoms with van der Waals surface area (Å²) in [4.78, 5) is 16.6. The van der Waals surface area contributed by atoms with Crippen LogP contribution in [0.15, 0.2) is 46.4 Å². The number of benzene rings is 1. The molecule has 1 aromatic heterocycles. The third-order valence-electron chi connectivity index (χ3n) is 3.71. The van der Waals surface area contributed by atoms with E-state index in [1.54, 1.807) is 10.6 Å². The zero-order valence-electron chi connectivity index (χ0n) is 14.6. The molecule has 1 aromatic carbocycles. The molecule has 1 aliphatic rings. The summed E-state index contributed by atoms with van der Waals surface area (Å²) in [5, 5.41) is 20.7. The van der Waals surface area contributed by atoms with Crippen molar-refractivity contribution in [3.8, 4) is 12.1 Å². The molecule has 0 saturated carbocycles. The van der Waals surface area contributed by atoms with Crippen molar-refractivity contribution in [1.29, 1.82) is 10.5 Å². The minimum atomic E-state index is -0.299. The van der Waals surface area contributed by atoms with E-state index in [-0.39, 0.29) is 22.6 Å². The molecule has 8 nitrogen and oxygen atoms in total. The van der Waals surface area contributed by atoms with Crippen molar-refractivity contribution in [3.05, 3.63) is 58.3 Å². The molecule has 0 spiro atoms. The summed E-state index contributed by atoms with van der Waals surface area (Å²) in [6.07, 6.45) is 2.85. The first-order chi connectivity index (χ1) is 12.1. The topological polar surface area (TPSA) is 138 Å². The first-order valence-corrected chi connectivity index (χ1v) is 7.82. The summed E-state index contributed by atoms with van der Waals surface area (Å²) in [7, 11) is 0. The van der Waals surface area contributed by atoms with Crippen molar-refractivity contribution in [2.45, 2.75) is 32.7 Å². The molecule has 0 radical (unpaired) electrons. The number of para-hydroxylation sites is 1. The summed E-state index contributed by atoms with van der Waals surface area (Å²) in [6, 6.07) is 13.2. The largest absolute Gasteiger partial charge is 0.412 e. The minimum absolute atomic E-state index is 0. The van der Waals surface area contributed by atoms with Crippen LogP contribution in [0.25, 0.3) is 0 Å². The van der Waals surface area contributed by atoms with Gasteiger partial charge in [-0.25, -0.2) is 4.98 Å². The number of nitriles is 2. The van der Waals surface area contributed by atoms with Crippen LogP contribution in [0.1, 0.15) is 44.1 Å². The van der Waals surface area contributed by atoms with Gasteiger partial charge in [0.25, 0.3) is 5.56 Å². The number of nitrogens with zero attached hydrogens (tertiary/aromatic N) is 5. The van der Waals surface area contributed by atoms with Crippen LogP contribution in [0.2, 0.25) is 0 Å². The second kappa shape index (κ2) is 9.72. The van der Waals surface area contributed by atoms with Crippen LogP contribution in [0.3, 0.4) is 0 Å². The van der Waals surface area contributed by atoms with Gasteiger partial charge in [-0.2, -0.15) is 15.6 Å². The van der Waals surface area contributed by atoms with Crippen molar-refractivity contribution < 1.29 is 5.48 Å². The highest BCUT2D eigenvalue weighted by Gasteiger charge is 2.24. The van der Waals surface area contributed by atoms with E-state index in [0.717, 1.165) is 24.2 Å². The first kappa shape index (κ1) is 20.6. The van der Waals surface area contributed by atoms with Gasteiger partial charge in [0.15, 0.2) is 5.82 Å². The number of hydrazone groups is 1. The van der Waals surface area contributed by atoms with E-state index in [2.05, 4.69) is 15.5 Å². The molecule has 2 heterocycles. The molecule has 0 amide bonds. The Labute approximate surface area is 151 Å². The lowest BCUT2D eigenvalue weighted by molar-refractivity contribution is 0.470. The van der Waals surface area contributed by atoms with Crippen LogP contribution in [-0.2, 0) is 0 Å². The van der Waals surface area contributed by atoms with E-state index in [1.165, 1.54) is 13.1 Å². The van der Waals surface area contributed by atoms with E-state index in [1.807, 2.05) is 43.3 Å². The predicted octanol–water partition coefficient (Wildman–Crippen LogP) is 1.99. The summed E-state index contributed by atoms with van der Waals surface area (Å²) < 4.78 is 1.56. The smallest absolute Gasteiger partial charge is 0.271 e. The molecule has 3 rings (SSSR count). The van der Waals surface area contributed by atoms with Gasteiger partial charge in [-0.15, -0.1) is 0 Å². The van der Waals surface area contributed by atoms with Crippen molar-refractivity contribution in [2.75, 3.05) is 5.43 Å². The number of rotatable bonds is 2. The monoisotopic (exact) mass is 352 g/mol. The van der Waals surface area contributed by atoms with Crippen LogP contribution in [0.5, 0.6) is 0 Å². The highest BCUT2D eigenvalue weighted by atomic mass is 16.1. The van der Waals surface area contributed by atoms with E-state index >= 15 is 0 Å². The summed E-state index contributed by atoms with van der Waals surface area (Å²) in [6.45, 7) is 3.38. The number of anilines is 1. The molecule has 1 aliphatic heterocycles. The van der Waals surface area contributed by atoms with Crippen molar-refractivity contribution in [2.24, 2.45) is 5.10 Å². The number of aromatic nitrogens is 2. The Balaban J connectivity index is 0.000000791. The molecule has 3 N–H and O–H groups in total. The Bertz CT molecular complexity index is 906. The fourth-order valence-electron chi connectivity index (χ4n) is 2.51. The second-order valence-corrected chi connectivity index (χ2v) is 5.43. The van der Waals surface area contributed by atoms with Gasteiger partial charge in [0.2, 0.25) is 0 Å². The lowest BCUT2D eigenvalue weighted by Crippen LogP contribution is -2.35. The number of nitrogens with one attached hydrogen (secondary N) is 1. The van der Waals surface area contributed by atoms with Gasteiger partial charge < -0.3 is 5.48 Å². The van der Waals surface area contributed by atoms with Crippen molar-refractivity contribution >= 4 is 11.4 Å². The van der Waals surface area contributed by atoms with E-state index < -0.39 is 0 Å². The summed E-state index contributed by atoms with van der Waals surface area (Å²) >= 11 is 0. The SMILES string of the molecule is CC#N.CC1CCC(=NNc2ccccc2)c2ncc(C#N)c(=O)n21.O. The Morgan fingerprint density at radius 3 is 2.58 bits per heavy atom. The lowest BCUT2D eigenvalue weighted by atomic mass is 10.0. The third kappa shape index (κ3) is 4.53. The normalized spacial score (nSPS) is 16.0. The van der Waals surface area contributed by atoms with Gasteiger partial charge in [0.05, 0.1) is 18.0 Å². The highest BCUT2D eigenvalue weighted by molar-refractivity contribution is 5.98. The van der Waals surface area contributed by atoms with Gasteiger partial charge in [-0.1, -0.05) is 18.2 Å². The Kier molecular flexibility index (Phi) is 7.68. The molecule has 26 heavy (non-hydrogen) atoms. The Morgan fingerprint density at radius 2 is 1.96 bits per heavy atom. The second-order valence-electron chi connectivity index (χ2n) is 5.43. The van der Waals surface area contributed by atoms with Crippen LogP contribution in [0.4, 0.5) is 5.69 Å². The average molecular weight is 352 g/mol. The zero-order chi connectivity index (χ0) is 18.2. The molecule has 8 heteroatoms. The molecular weight excluding hydrogens is 332 g/mol. The average Bonchev–Trinajstić information content (AvgIpc) is 2.63. The minimum Gasteiger partial charge on any atom is -0.412 e. The maximum atomic E-state index is 12.3. The van der Waals surface area contributed by atoms with Gasteiger partial charge >= 0.3 is 0 Å². The Hall–Kier alpha value is -3.49. The summed E-state index contributed by atoms with van der Waals surface area (Å²) in [5.41, 5.74) is 4.35. The predicted molar refractivity (Wildman–Crippen MR) is 98.7 cm³/mol. The van der Waals surface area contributed by atoms with Crippen LogP contribution < -0.4 is 11.0 Å². The molecule has 2 aromatic rings. The van der Waals surface area contributed by atoms with Crippen LogP contribution in [0, 0.1) is 22.7 Å². The van der Waals surface area contributed by atoms with E-state index in [0.29, 0.717) is 5.82 Å². The maximum Gasteiger partial charge on any atom is 0.271 e. The van der Waals surface area contributed by atoms with Gasteiger partial charge in [-0.05, 0) is 31.9 Å². The van der Waals surface area contributed by atoms with Crippen molar-refractivity contribution in [1.82, 2.24) is 9.55 Å². The highest BCUT2D eigenvalue weighted by Crippen LogP contribution is 2.22. The summed E-state index contributed by atoms with van der Waals surface area (Å²) in [5.74, 6) is 0.534. The van der Waals surface area contributed by atoms with Gasteiger partial charge in [0.1, 0.15) is 17.3 Å². The molecule has 1 unspecified atom stereocenters. The fraction of sp³-hybridized carbons (Fsp3) is 0.278. The third-order valence-corrected chi connectivity index (χ3v) is 3.71. The fourth-order valence-corrected chi connectivity index (χ4v) is 2.51. The van der Waals surface area contributed by atoms with Crippen molar-refractivity contribution in [3.63, 3.8) is 0 Å². The molecular formula is C18H20N6O2. The number of hydrogen-bond acceptors (Lipinski definition) is 6. The molecule has 1 atom stereocenters. The van der Waals surface area contributed by atoms with Gasteiger partial charge in [-0.3, -0.25) is 14.8 Å². The lowest BCUT2D eigenvalue weighted by Gasteiger charge is -2.24. The van der Waals surface area contributed by atoms with Crippen LogP contribution in [-0.4, -0.2) is 20.7 Å². The molecule has 0 aliphatic carbocycles. The molecule has 0 fully saturated rings. The molecule has 134 valence electrons.